The van der Waals surface area contributed by atoms with Crippen molar-refractivity contribution in [2.45, 2.75) is 24.8 Å². The van der Waals surface area contributed by atoms with Crippen molar-refractivity contribution in [2.75, 3.05) is 24.9 Å². The number of ether oxygens (including phenoxy) is 2. The number of sulfonamides is 1. The third-order valence-corrected chi connectivity index (χ3v) is 6.36. The first-order valence-electron chi connectivity index (χ1n) is 8.28. The molecule has 8 nitrogen and oxygen atoms in total. The molecule has 10 heteroatoms. The van der Waals surface area contributed by atoms with Gasteiger partial charge in [-0.25, -0.2) is 8.42 Å². The van der Waals surface area contributed by atoms with Crippen LogP contribution in [0.4, 0.5) is 11.4 Å². The molecule has 2 aromatic carbocycles. The molecule has 0 atom stereocenters. The number of nitrogens with one attached hydrogen (secondary N) is 1. The van der Waals surface area contributed by atoms with Crippen LogP contribution < -0.4 is 20.5 Å². The number of nitrogen functional groups attached to an aromatic ring is 1. The molecule has 1 heterocycles. The van der Waals surface area contributed by atoms with Crippen molar-refractivity contribution in [2.24, 2.45) is 0 Å². The zero-order valence-corrected chi connectivity index (χ0v) is 17.3. The molecule has 0 aromatic heterocycles. The van der Waals surface area contributed by atoms with Crippen LogP contribution in [0.1, 0.15) is 24.2 Å². The van der Waals surface area contributed by atoms with Crippen LogP contribution in [0.5, 0.6) is 11.5 Å². The summed E-state index contributed by atoms with van der Waals surface area (Å²) in [6.07, 6.45) is 0. The third-order valence-electron chi connectivity index (χ3n) is 4.31. The summed E-state index contributed by atoms with van der Waals surface area (Å²) >= 11 is 0. The molecule has 0 unspecified atom stereocenters. The number of halogens is 1. The highest BCUT2D eigenvalue weighted by atomic mass is 35.5. The van der Waals surface area contributed by atoms with E-state index in [1.807, 2.05) is 0 Å². The third kappa shape index (κ3) is 4.16. The normalized spacial score (nSPS) is 12.8. The number of amides is 1. The van der Waals surface area contributed by atoms with Crippen molar-refractivity contribution in [3.8, 4) is 11.5 Å². The van der Waals surface area contributed by atoms with Gasteiger partial charge in [0.1, 0.15) is 0 Å². The lowest BCUT2D eigenvalue weighted by Crippen LogP contribution is -2.33. The smallest absolute Gasteiger partial charge is 0.255 e. The van der Waals surface area contributed by atoms with Crippen molar-refractivity contribution in [1.82, 2.24) is 4.31 Å². The fourth-order valence-electron chi connectivity index (χ4n) is 2.48. The summed E-state index contributed by atoms with van der Waals surface area (Å²) in [6, 6.07) is 8.73. The van der Waals surface area contributed by atoms with Gasteiger partial charge in [0.25, 0.3) is 5.91 Å². The molecule has 0 saturated heterocycles. The zero-order chi connectivity index (χ0) is 19.8. The minimum absolute atomic E-state index is 0. The highest BCUT2D eigenvalue weighted by molar-refractivity contribution is 7.89. The number of nitrogens with zero attached hydrogens (tertiary/aromatic N) is 1. The van der Waals surface area contributed by atoms with E-state index < -0.39 is 15.9 Å². The van der Waals surface area contributed by atoms with Crippen molar-refractivity contribution in [3.05, 3.63) is 42.0 Å². The first kappa shape index (κ1) is 21.8. The standard InChI is InChI=1S/C18H21N3O5S.ClH/c1-11(2)21(3)27(23,24)13-6-4-12(5-7-13)18(22)20-15-9-17-16(8-14(15)19)25-10-26-17;/h4-9,11H,10,19H2,1-3H3,(H,20,22);1H. The van der Waals surface area contributed by atoms with Gasteiger partial charge in [0.05, 0.1) is 16.3 Å². The zero-order valence-electron chi connectivity index (χ0n) is 15.6. The van der Waals surface area contributed by atoms with E-state index in [1.165, 1.54) is 35.6 Å². The van der Waals surface area contributed by atoms with Gasteiger partial charge in [-0.05, 0) is 38.1 Å². The number of carbonyl (C=O) groups is 1. The summed E-state index contributed by atoms with van der Waals surface area (Å²) in [6.45, 7) is 3.68. The molecule has 0 radical (unpaired) electrons. The number of hydrogen-bond donors (Lipinski definition) is 2. The fourth-order valence-corrected chi connectivity index (χ4v) is 3.85. The molecule has 152 valence electrons. The summed E-state index contributed by atoms with van der Waals surface area (Å²) in [4.78, 5) is 12.6. The predicted octanol–water partition coefficient (Wildman–Crippen LogP) is 2.70. The Balaban J connectivity index is 0.00000280. The van der Waals surface area contributed by atoms with Gasteiger partial charge in [-0.15, -0.1) is 12.4 Å². The molecular weight excluding hydrogens is 406 g/mol. The molecule has 28 heavy (non-hydrogen) atoms. The summed E-state index contributed by atoms with van der Waals surface area (Å²) in [5.41, 5.74) is 6.96. The Labute approximate surface area is 170 Å². The topological polar surface area (TPSA) is 111 Å². The van der Waals surface area contributed by atoms with Crippen molar-refractivity contribution < 1.29 is 22.7 Å². The van der Waals surface area contributed by atoms with E-state index in [0.717, 1.165) is 0 Å². The molecule has 1 aliphatic heterocycles. The Morgan fingerprint density at radius 2 is 1.71 bits per heavy atom. The van der Waals surface area contributed by atoms with Gasteiger partial charge in [0.15, 0.2) is 11.5 Å². The number of benzene rings is 2. The van der Waals surface area contributed by atoms with Gasteiger partial charge in [0.2, 0.25) is 16.8 Å². The van der Waals surface area contributed by atoms with Crippen LogP contribution in [0.3, 0.4) is 0 Å². The SMILES string of the molecule is CC(C)N(C)S(=O)(=O)c1ccc(C(=O)Nc2cc3c(cc2N)OCO3)cc1.Cl. The van der Waals surface area contributed by atoms with Crippen LogP contribution in [-0.2, 0) is 10.0 Å². The van der Waals surface area contributed by atoms with Gasteiger partial charge in [-0.3, -0.25) is 4.79 Å². The van der Waals surface area contributed by atoms with Gasteiger partial charge in [0, 0.05) is 30.8 Å². The first-order valence-corrected chi connectivity index (χ1v) is 9.72. The van der Waals surface area contributed by atoms with Crippen molar-refractivity contribution >= 4 is 39.7 Å². The molecule has 1 aliphatic rings. The number of rotatable bonds is 5. The van der Waals surface area contributed by atoms with Gasteiger partial charge < -0.3 is 20.5 Å². The van der Waals surface area contributed by atoms with Crippen LogP contribution >= 0.6 is 12.4 Å². The maximum Gasteiger partial charge on any atom is 0.255 e. The van der Waals surface area contributed by atoms with E-state index in [4.69, 9.17) is 15.2 Å². The van der Waals surface area contributed by atoms with Crippen LogP contribution in [0.2, 0.25) is 0 Å². The van der Waals surface area contributed by atoms with Gasteiger partial charge in [-0.2, -0.15) is 4.31 Å². The van der Waals surface area contributed by atoms with E-state index in [-0.39, 0.29) is 30.1 Å². The number of hydrogen-bond acceptors (Lipinski definition) is 6. The average molecular weight is 428 g/mol. The Kier molecular flexibility index (Phi) is 6.43. The lowest BCUT2D eigenvalue weighted by molar-refractivity contribution is 0.102. The number of nitrogens with two attached hydrogens (primary N) is 1. The minimum atomic E-state index is -3.60. The maximum atomic E-state index is 12.5. The quantitative estimate of drug-likeness (QED) is 0.709. The van der Waals surface area contributed by atoms with Crippen LogP contribution in [0, 0.1) is 0 Å². The Morgan fingerprint density at radius 1 is 1.14 bits per heavy atom. The van der Waals surface area contributed by atoms with E-state index in [9.17, 15) is 13.2 Å². The first-order chi connectivity index (χ1) is 12.7. The largest absolute Gasteiger partial charge is 0.454 e. The van der Waals surface area contributed by atoms with Crippen molar-refractivity contribution in [3.63, 3.8) is 0 Å². The monoisotopic (exact) mass is 427 g/mol. The lowest BCUT2D eigenvalue weighted by Gasteiger charge is -2.21. The second-order valence-corrected chi connectivity index (χ2v) is 8.38. The lowest BCUT2D eigenvalue weighted by atomic mass is 10.2. The molecule has 2 aromatic rings. The molecule has 0 aliphatic carbocycles. The Hall–Kier alpha value is -2.49. The van der Waals surface area contributed by atoms with E-state index in [0.29, 0.717) is 28.4 Å². The molecule has 0 bridgehead atoms. The fraction of sp³-hybridized carbons (Fsp3) is 0.278. The van der Waals surface area contributed by atoms with E-state index >= 15 is 0 Å². The summed E-state index contributed by atoms with van der Waals surface area (Å²) in [5.74, 6) is 0.605. The molecule has 0 saturated carbocycles. The molecule has 0 fully saturated rings. The molecule has 3 N–H and O–H groups in total. The maximum absolute atomic E-state index is 12.5. The minimum Gasteiger partial charge on any atom is -0.454 e. The molecule has 0 spiro atoms. The van der Waals surface area contributed by atoms with Gasteiger partial charge in [-0.1, -0.05) is 0 Å². The summed E-state index contributed by atoms with van der Waals surface area (Å²) in [5, 5.41) is 2.70. The molecule has 1 amide bonds. The van der Waals surface area contributed by atoms with Crippen LogP contribution in [0.15, 0.2) is 41.3 Å². The Morgan fingerprint density at radius 3 is 2.29 bits per heavy atom. The van der Waals surface area contributed by atoms with Crippen molar-refractivity contribution in [1.29, 1.82) is 0 Å². The summed E-state index contributed by atoms with van der Waals surface area (Å²) in [7, 11) is -2.09. The highest BCUT2D eigenvalue weighted by Crippen LogP contribution is 2.38. The van der Waals surface area contributed by atoms with E-state index in [1.54, 1.807) is 26.0 Å². The highest BCUT2D eigenvalue weighted by Gasteiger charge is 2.23. The van der Waals surface area contributed by atoms with E-state index in [2.05, 4.69) is 5.32 Å². The average Bonchev–Trinajstić information content (AvgIpc) is 3.08. The number of anilines is 2. The second-order valence-electron chi connectivity index (χ2n) is 6.39. The van der Waals surface area contributed by atoms with Gasteiger partial charge >= 0.3 is 0 Å². The predicted molar refractivity (Wildman–Crippen MR) is 109 cm³/mol. The number of carbonyl (C=O) groups excluding carboxylic acids is 1. The molecule has 3 rings (SSSR count). The Bertz CT molecular complexity index is 977. The second kappa shape index (κ2) is 8.26. The molecular formula is C18H22ClN3O5S. The van der Waals surface area contributed by atoms with Crippen LogP contribution in [-0.4, -0.2) is 38.5 Å². The summed E-state index contributed by atoms with van der Waals surface area (Å²) < 4.78 is 36.7. The number of fused-ring (bicyclic) bond motifs is 1. The van der Waals surface area contributed by atoms with Crippen LogP contribution in [0.25, 0.3) is 0 Å².